The number of nitrogens with zero attached hydrogens (tertiary/aromatic N) is 3. The summed E-state index contributed by atoms with van der Waals surface area (Å²) in [6, 6.07) is 42.0. The van der Waals surface area contributed by atoms with Crippen molar-refractivity contribution in [1.82, 2.24) is 15.0 Å². The van der Waals surface area contributed by atoms with Crippen molar-refractivity contribution in [2.45, 2.75) is 0 Å². The van der Waals surface area contributed by atoms with Crippen molar-refractivity contribution >= 4 is 43.9 Å². The third kappa shape index (κ3) is 3.90. The SMILES string of the molecule is Clc1nc(-c2ccc3cc(-c4ccccc4)ccc3c2)nc(-c2cccc3c2ccc2ccccc23)n1. The monoisotopic (exact) mass is 493 g/mol. The van der Waals surface area contributed by atoms with Gasteiger partial charge >= 0.3 is 0 Å². The second-order valence-corrected chi connectivity index (χ2v) is 9.42. The van der Waals surface area contributed by atoms with Crippen molar-refractivity contribution in [3.63, 3.8) is 0 Å². The Morgan fingerprint density at radius 2 is 1.08 bits per heavy atom. The minimum atomic E-state index is 0.178. The molecule has 0 N–H and O–H groups in total. The van der Waals surface area contributed by atoms with Crippen molar-refractivity contribution in [3.8, 4) is 33.9 Å². The summed E-state index contributed by atoms with van der Waals surface area (Å²) in [4.78, 5) is 13.9. The molecule has 0 aliphatic rings. The van der Waals surface area contributed by atoms with Crippen LogP contribution in [0, 0.1) is 0 Å². The van der Waals surface area contributed by atoms with Crippen LogP contribution in [0.5, 0.6) is 0 Å². The number of fused-ring (bicyclic) bond motifs is 4. The fraction of sp³-hybridized carbons (Fsp3) is 0. The van der Waals surface area contributed by atoms with Gasteiger partial charge in [0.1, 0.15) is 0 Å². The Hall–Kier alpha value is -4.60. The summed E-state index contributed by atoms with van der Waals surface area (Å²) < 4.78 is 0. The van der Waals surface area contributed by atoms with E-state index in [0.717, 1.165) is 32.7 Å². The van der Waals surface area contributed by atoms with Gasteiger partial charge in [-0.05, 0) is 67.2 Å². The first-order chi connectivity index (χ1) is 18.2. The van der Waals surface area contributed by atoms with Crippen molar-refractivity contribution in [2.75, 3.05) is 0 Å². The van der Waals surface area contributed by atoms with E-state index in [-0.39, 0.29) is 5.28 Å². The predicted octanol–water partition coefficient (Wildman–Crippen LogP) is 8.99. The molecule has 0 bridgehead atoms. The van der Waals surface area contributed by atoms with Crippen LogP contribution in [0.15, 0.2) is 121 Å². The van der Waals surface area contributed by atoms with Crippen molar-refractivity contribution in [2.24, 2.45) is 0 Å². The molecule has 7 aromatic rings. The average molecular weight is 494 g/mol. The maximum absolute atomic E-state index is 6.44. The smallest absolute Gasteiger partial charge is 0.208 e. The molecular formula is C33H20ClN3. The van der Waals surface area contributed by atoms with Gasteiger partial charge in [-0.2, -0.15) is 9.97 Å². The zero-order valence-electron chi connectivity index (χ0n) is 19.8. The van der Waals surface area contributed by atoms with Crippen LogP contribution in [0.25, 0.3) is 66.2 Å². The molecule has 0 spiro atoms. The number of halogens is 1. The van der Waals surface area contributed by atoms with Crippen LogP contribution in [0.4, 0.5) is 0 Å². The highest BCUT2D eigenvalue weighted by Gasteiger charge is 2.13. The van der Waals surface area contributed by atoms with E-state index in [1.165, 1.54) is 21.9 Å². The van der Waals surface area contributed by atoms with Crippen LogP contribution in [0.3, 0.4) is 0 Å². The molecule has 0 unspecified atom stereocenters. The molecule has 0 aliphatic carbocycles. The van der Waals surface area contributed by atoms with Gasteiger partial charge in [0.25, 0.3) is 0 Å². The maximum Gasteiger partial charge on any atom is 0.226 e. The number of rotatable bonds is 3. The van der Waals surface area contributed by atoms with E-state index in [1.807, 2.05) is 24.3 Å². The minimum Gasteiger partial charge on any atom is -0.208 e. The first-order valence-corrected chi connectivity index (χ1v) is 12.5. The van der Waals surface area contributed by atoms with Gasteiger partial charge in [-0.15, -0.1) is 0 Å². The second-order valence-electron chi connectivity index (χ2n) is 9.08. The van der Waals surface area contributed by atoms with Crippen molar-refractivity contribution < 1.29 is 0 Å². The predicted molar refractivity (Wildman–Crippen MR) is 154 cm³/mol. The molecule has 174 valence electrons. The highest BCUT2D eigenvalue weighted by atomic mass is 35.5. The van der Waals surface area contributed by atoms with Crippen LogP contribution >= 0.6 is 11.6 Å². The molecule has 7 rings (SSSR count). The minimum absolute atomic E-state index is 0.178. The molecule has 6 aromatic carbocycles. The molecule has 0 fully saturated rings. The molecule has 0 atom stereocenters. The molecule has 0 aliphatic heterocycles. The first-order valence-electron chi connectivity index (χ1n) is 12.1. The van der Waals surface area contributed by atoms with E-state index in [2.05, 4.69) is 107 Å². The topological polar surface area (TPSA) is 38.7 Å². The van der Waals surface area contributed by atoms with Crippen LogP contribution in [0.2, 0.25) is 5.28 Å². The van der Waals surface area contributed by atoms with Gasteiger partial charge in [-0.25, -0.2) is 4.98 Å². The third-order valence-corrected chi connectivity index (χ3v) is 7.01. The van der Waals surface area contributed by atoms with E-state index in [0.29, 0.717) is 11.6 Å². The molecule has 3 nitrogen and oxygen atoms in total. The van der Waals surface area contributed by atoms with Gasteiger partial charge in [0, 0.05) is 11.1 Å². The number of hydrogen-bond acceptors (Lipinski definition) is 3. The fourth-order valence-electron chi connectivity index (χ4n) is 5.03. The molecular weight excluding hydrogens is 474 g/mol. The van der Waals surface area contributed by atoms with Gasteiger partial charge in [0.2, 0.25) is 5.28 Å². The number of hydrogen-bond donors (Lipinski definition) is 0. The summed E-state index contributed by atoms with van der Waals surface area (Å²) in [6.07, 6.45) is 0. The highest BCUT2D eigenvalue weighted by molar-refractivity contribution is 6.28. The zero-order valence-corrected chi connectivity index (χ0v) is 20.5. The van der Waals surface area contributed by atoms with Gasteiger partial charge < -0.3 is 0 Å². The second kappa shape index (κ2) is 8.81. The van der Waals surface area contributed by atoms with Gasteiger partial charge in [-0.1, -0.05) is 109 Å². The Labute approximate surface area is 219 Å². The van der Waals surface area contributed by atoms with E-state index in [1.54, 1.807) is 0 Å². The van der Waals surface area contributed by atoms with Gasteiger partial charge in [-0.3, -0.25) is 0 Å². The van der Waals surface area contributed by atoms with Gasteiger partial charge in [0.15, 0.2) is 11.6 Å². The molecule has 0 radical (unpaired) electrons. The van der Waals surface area contributed by atoms with Crippen LogP contribution in [0.1, 0.15) is 0 Å². The van der Waals surface area contributed by atoms with E-state index in [4.69, 9.17) is 16.6 Å². The molecule has 37 heavy (non-hydrogen) atoms. The molecule has 0 amide bonds. The van der Waals surface area contributed by atoms with E-state index < -0.39 is 0 Å². The average Bonchev–Trinajstić information content (AvgIpc) is 2.96. The molecule has 4 heteroatoms. The third-order valence-electron chi connectivity index (χ3n) is 6.84. The maximum atomic E-state index is 6.44. The highest BCUT2D eigenvalue weighted by Crippen LogP contribution is 2.33. The number of aromatic nitrogens is 3. The lowest BCUT2D eigenvalue weighted by Gasteiger charge is -2.10. The summed E-state index contributed by atoms with van der Waals surface area (Å²) >= 11 is 6.44. The quantitative estimate of drug-likeness (QED) is 0.230. The lowest BCUT2D eigenvalue weighted by atomic mass is 9.98. The van der Waals surface area contributed by atoms with Gasteiger partial charge in [0.05, 0.1) is 0 Å². The summed E-state index contributed by atoms with van der Waals surface area (Å²) in [5, 5.41) is 7.10. The summed E-state index contributed by atoms with van der Waals surface area (Å²) in [5.74, 6) is 1.12. The van der Waals surface area contributed by atoms with E-state index in [9.17, 15) is 0 Å². The summed E-state index contributed by atoms with van der Waals surface area (Å²) in [6.45, 7) is 0. The fourth-order valence-corrected chi connectivity index (χ4v) is 5.19. The lowest BCUT2D eigenvalue weighted by Crippen LogP contribution is -1.98. The summed E-state index contributed by atoms with van der Waals surface area (Å²) in [5.41, 5.74) is 4.22. The Bertz CT molecular complexity index is 1950. The largest absolute Gasteiger partial charge is 0.226 e. The standard InChI is InChI=1S/C33H20ClN3/c34-33-36-31(26-16-15-24-19-23(13-14-25(24)20-26)21-7-2-1-3-8-21)35-32(37-33)30-12-6-11-28-27-10-5-4-9-22(27)17-18-29(28)30/h1-20H. The Balaban J connectivity index is 1.33. The van der Waals surface area contributed by atoms with Crippen molar-refractivity contribution in [1.29, 1.82) is 0 Å². The van der Waals surface area contributed by atoms with Crippen LogP contribution < -0.4 is 0 Å². The molecule has 0 saturated carbocycles. The lowest BCUT2D eigenvalue weighted by molar-refractivity contribution is 1.07. The van der Waals surface area contributed by atoms with Crippen molar-refractivity contribution in [3.05, 3.63) is 127 Å². The van der Waals surface area contributed by atoms with E-state index >= 15 is 0 Å². The Morgan fingerprint density at radius 3 is 1.95 bits per heavy atom. The normalized spacial score (nSPS) is 11.4. The Kier molecular flexibility index (Phi) is 5.16. The number of benzene rings is 6. The van der Waals surface area contributed by atoms with Crippen LogP contribution in [-0.2, 0) is 0 Å². The molecule has 0 saturated heterocycles. The summed E-state index contributed by atoms with van der Waals surface area (Å²) in [7, 11) is 0. The zero-order chi connectivity index (χ0) is 24.8. The Morgan fingerprint density at radius 1 is 0.405 bits per heavy atom. The first kappa shape index (κ1) is 21.7. The molecule has 1 aromatic heterocycles. The molecule has 1 heterocycles. The van der Waals surface area contributed by atoms with Crippen LogP contribution in [-0.4, -0.2) is 15.0 Å².